The zero-order valence-electron chi connectivity index (χ0n) is 18.0. The first-order chi connectivity index (χ1) is 14.8. The van der Waals surface area contributed by atoms with Crippen molar-refractivity contribution in [1.29, 1.82) is 0 Å². The highest BCUT2D eigenvalue weighted by Crippen LogP contribution is 2.28. The zero-order chi connectivity index (χ0) is 22.8. The minimum atomic E-state index is -0.813. The molecule has 0 aliphatic carbocycles. The second-order valence-corrected chi connectivity index (χ2v) is 7.19. The largest absolute Gasteiger partial charge is 0.385 e. The number of aryl methyl sites for hydroxylation is 1. The van der Waals surface area contributed by atoms with E-state index in [2.05, 4.69) is 10.6 Å². The van der Waals surface area contributed by atoms with Crippen molar-refractivity contribution in [2.75, 3.05) is 39.2 Å². The molecule has 0 aromatic heterocycles. The SMILES string of the molecule is COCCCNC(=O)CN(C)C(C(=O)Nc1ccc(C)cc1[N+](=O)[O-])c1ccccc1. The van der Waals surface area contributed by atoms with Crippen molar-refractivity contribution in [1.82, 2.24) is 10.2 Å². The average Bonchev–Trinajstić information content (AvgIpc) is 2.73. The summed E-state index contributed by atoms with van der Waals surface area (Å²) in [7, 11) is 3.26. The van der Waals surface area contributed by atoms with E-state index in [1.54, 1.807) is 56.3 Å². The lowest BCUT2D eigenvalue weighted by Gasteiger charge is -2.27. The molecule has 2 amide bonds. The van der Waals surface area contributed by atoms with Crippen LogP contribution in [0.1, 0.15) is 23.6 Å². The van der Waals surface area contributed by atoms with Crippen molar-refractivity contribution in [2.24, 2.45) is 0 Å². The van der Waals surface area contributed by atoms with Crippen LogP contribution in [0.3, 0.4) is 0 Å². The van der Waals surface area contributed by atoms with Crippen LogP contribution >= 0.6 is 0 Å². The molecule has 31 heavy (non-hydrogen) atoms. The van der Waals surface area contributed by atoms with Crippen molar-refractivity contribution in [3.8, 4) is 0 Å². The first-order valence-electron chi connectivity index (χ1n) is 9.90. The number of hydrogen-bond acceptors (Lipinski definition) is 6. The molecule has 1 atom stereocenters. The van der Waals surface area contributed by atoms with Crippen LogP contribution in [0.15, 0.2) is 48.5 Å². The van der Waals surface area contributed by atoms with Gasteiger partial charge >= 0.3 is 0 Å². The monoisotopic (exact) mass is 428 g/mol. The maximum Gasteiger partial charge on any atom is 0.293 e. The van der Waals surface area contributed by atoms with Gasteiger partial charge in [-0.3, -0.25) is 24.6 Å². The minimum Gasteiger partial charge on any atom is -0.385 e. The normalized spacial score (nSPS) is 11.7. The third kappa shape index (κ3) is 7.16. The van der Waals surface area contributed by atoms with Gasteiger partial charge < -0.3 is 15.4 Å². The van der Waals surface area contributed by atoms with Crippen LogP contribution in [0.5, 0.6) is 0 Å². The number of ether oxygens (including phenoxy) is 1. The Morgan fingerprint density at radius 1 is 1.19 bits per heavy atom. The molecule has 0 saturated carbocycles. The lowest BCUT2D eigenvalue weighted by Crippen LogP contribution is -2.41. The quantitative estimate of drug-likeness (QED) is 0.323. The number of rotatable bonds is 11. The molecule has 9 nitrogen and oxygen atoms in total. The molecule has 0 heterocycles. The number of benzene rings is 2. The minimum absolute atomic E-state index is 0.0179. The highest BCUT2D eigenvalue weighted by molar-refractivity contribution is 5.97. The smallest absolute Gasteiger partial charge is 0.293 e. The lowest BCUT2D eigenvalue weighted by molar-refractivity contribution is -0.384. The van der Waals surface area contributed by atoms with Crippen molar-refractivity contribution in [3.63, 3.8) is 0 Å². The van der Waals surface area contributed by atoms with Gasteiger partial charge in [-0.2, -0.15) is 0 Å². The molecule has 0 bridgehead atoms. The van der Waals surface area contributed by atoms with E-state index in [-0.39, 0.29) is 23.8 Å². The number of amides is 2. The Balaban J connectivity index is 2.20. The van der Waals surface area contributed by atoms with Crippen molar-refractivity contribution < 1.29 is 19.2 Å². The van der Waals surface area contributed by atoms with Gasteiger partial charge in [0.2, 0.25) is 11.8 Å². The van der Waals surface area contributed by atoms with Crippen LogP contribution in [0.25, 0.3) is 0 Å². The summed E-state index contributed by atoms with van der Waals surface area (Å²) >= 11 is 0. The molecule has 2 aromatic carbocycles. The Hall–Kier alpha value is -3.30. The number of nitrogens with zero attached hydrogens (tertiary/aromatic N) is 2. The van der Waals surface area contributed by atoms with E-state index in [9.17, 15) is 19.7 Å². The molecular formula is C22H28N4O5. The van der Waals surface area contributed by atoms with Gasteiger partial charge in [-0.05, 0) is 37.6 Å². The number of nitrogens with one attached hydrogen (secondary N) is 2. The van der Waals surface area contributed by atoms with Crippen LogP contribution < -0.4 is 10.6 Å². The number of carbonyl (C=O) groups is 2. The predicted molar refractivity (Wildman–Crippen MR) is 118 cm³/mol. The van der Waals surface area contributed by atoms with E-state index >= 15 is 0 Å². The molecule has 0 aliphatic heterocycles. The Bertz CT molecular complexity index is 904. The third-order valence-corrected chi connectivity index (χ3v) is 4.65. The van der Waals surface area contributed by atoms with Gasteiger partial charge in [0.25, 0.3) is 5.69 Å². The number of anilines is 1. The molecule has 1 unspecified atom stereocenters. The number of methoxy groups -OCH3 is 1. The fourth-order valence-electron chi connectivity index (χ4n) is 3.16. The summed E-state index contributed by atoms with van der Waals surface area (Å²) in [5, 5.41) is 16.9. The number of nitro groups is 1. The molecule has 0 fully saturated rings. The van der Waals surface area contributed by atoms with Crippen LogP contribution in [-0.4, -0.2) is 55.5 Å². The van der Waals surface area contributed by atoms with E-state index < -0.39 is 16.9 Å². The van der Waals surface area contributed by atoms with E-state index in [4.69, 9.17) is 4.74 Å². The van der Waals surface area contributed by atoms with Gasteiger partial charge in [0.15, 0.2) is 0 Å². The fourth-order valence-corrected chi connectivity index (χ4v) is 3.16. The van der Waals surface area contributed by atoms with E-state index in [1.807, 2.05) is 6.07 Å². The van der Waals surface area contributed by atoms with Gasteiger partial charge in [-0.15, -0.1) is 0 Å². The molecule has 2 N–H and O–H groups in total. The Morgan fingerprint density at radius 2 is 1.90 bits per heavy atom. The molecule has 2 aromatic rings. The molecule has 0 saturated heterocycles. The van der Waals surface area contributed by atoms with E-state index in [0.717, 1.165) is 0 Å². The van der Waals surface area contributed by atoms with Crippen LogP contribution in [0.4, 0.5) is 11.4 Å². The molecular weight excluding hydrogens is 400 g/mol. The summed E-state index contributed by atoms with van der Waals surface area (Å²) in [4.78, 5) is 38.0. The van der Waals surface area contributed by atoms with Gasteiger partial charge in [-0.1, -0.05) is 36.4 Å². The summed E-state index contributed by atoms with van der Waals surface area (Å²) in [5.41, 5.74) is 1.31. The average molecular weight is 428 g/mol. The topological polar surface area (TPSA) is 114 Å². The standard InChI is InChI=1S/C22H28N4O5/c1-16-10-11-18(19(14-16)26(29)30)24-22(28)21(17-8-5-4-6-9-17)25(2)15-20(27)23-12-7-13-31-3/h4-6,8-11,14,21H,7,12-13,15H2,1-3H3,(H,23,27)(H,24,28). The third-order valence-electron chi connectivity index (χ3n) is 4.65. The fraction of sp³-hybridized carbons (Fsp3) is 0.364. The predicted octanol–water partition coefficient (Wildman–Crippen LogP) is 2.67. The first kappa shape index (κ1) is 24.0. The van der Waals surface area contributed by atoms with E-state index in [0.29, 0.717) is 30.7 Å². The number of nitro benzene ring substituents is 1. The number of hydrogen-bond donors (Lipinski definition) is 2. The Kier molecular flexibility index (Phi) is 9.11. The highest BCUT2D eigenvalue weighted by atomic mass is 16.6. The van der Waals surface area contributed by atoms with Crippen LogP contribution in [0, 0.1) is 17.0 Å². The molecule has 2 rings (SSSR count). The summed E-state index contributed by atoms with van der Waals surface area (Å²) in [5.74, 6) is -0.693. The van der Waals surface area contributed by atoms with E-state index in [1.165, 1.54) is 12.1 Å². The molecule has 0 aliphatic rings. The molecule has 0 radical (unpaired) electrons. The van der Waals surface area contributed by atoms with Crippen molar-refractivity contribution in [2.45, 2.75) is 19.4 Å². The maximum absolute atomic E-state index is 13.2. The highest BCUT2D eigenvalue weighted by Gasteiger charge is 2.28. The van der Waals surface area contributed by atoms with Crippen molar-refractivity contribution >= 4 is 23.2 Å². The first-order valence-corrected chi connectivity index (χ1v) is 9.90. The zero-order valence-corrected chi connectivity index (χ0v) is 18.0. The second-order valence-electron chi connectivity index (χ2n) is 7.19. The molecule has 0 spiro atoms. The van der Waals surface area contributed by atoms with Gasteiger partial charge in [0.05, 0.1) is 11.5 Å². The Labute approximate surface area is 181 Å². The van der Waals surface area contributed by atoms with Gasteiger partial charge in [0.1, 0.15) is 11.7 Å². The van der Waals surface area contributed by atoms with Crippen LogP contribution in [-0.2, 0) is 14.3 Å². The summed E-state index contributed by atoms with van der Waals surface area (Å²) in [6.07, 6.45) is 0.686. The molecule has 166 valence electrons. The van der Waals surface area contributed by atoms with Gasteiger partial charge in [0, 0.05) is 26.3 Å². The summed E-state index contributed by atoms with van der Waals surface area (Å²) in [6.45, 7) is 2.74. The summed E-state index contributed by atoms with van der Waals surface area (Å²) < 4.78 is 4.96. The number of carbonyl (C=O) groups excluding carboxylic acids is 2. The van der Waals surface area contributed by atoms with Crippen LogP contribution in [0.2, 0.25) is 0 Å². The number of likely N-dealkylation sites (N-methyl/N-ethyl adjacent to an activating group) is 1. The van der Waals surface area contributed by atoms with Crippen molar-refractivity contribution in [3.05, 3.63) is 69.8 Å². The molecule has 9 heteroatoms. The maximum atomic E-state index is 13.2. The second kappa shape index (κ2) is 11.8. The summed E-state index contributed by atoms with van der Waals surface area (Å²) in [6, 6.07) is 12.8. The van der Waals surface area contributed by atoms with Gasteiger partial charge in [-0.25, -0.2) is 0 Å². The Morgan fingerprint density at radius 3 is 2.55 bits per heavy atom. The lowest BCUT2D eigenvalue weighted by atomic mass is 10.0.